The Bertz CT molecular complexity index is 205. The fourth-order valence-corrected chi connectivity index (χ4v) is 0.636. The summed E-state index contributed by atoms with van der Waals surface area (Å²) in [5, 5.41) is 9.69. The molecule has 0 spiro atoms. The Morgan fingerprint density at radius 3 is 3.00 bits per heavy atom. The first-order chi connectivity index (χ1) is 4.38. The van der Waals surface area contributed by atoms with Gasteiger partial charge in [-0.2, -0.15) is 0 Å². The Kier molecular flexibility index (Phi) is 1.53. The highest BCUT2D eigenvalue weighted by Crippen LogP contribution is 2.12. The van der Waals surface area contributed by atoms with Crippen molar-refractivity contribution < 1.29 is 4.42 Å². The van der Waals surface area contributed by atoms with Gasteiger partial charge in [-0.3, -0.25) is 0 Å². The smallest absolute Gasteiger partial charge is 0.201 e. The average molecular weight is 124 g/mol. The van der Waals surface area contributed by atoms with Crippen LogP contribution in [0, 0.1) is 5.41 Å². The van der Waals surface area contributed by atoms with E-state index in [1.54, 1.807) is 19.4 Å². The third kappa shape index (κ3) is 0.937. The van der Waals surface area contributed by atoms with Crippen molar-refractivity contribution in [1.82, 2.24) is 0 Å². The highest BCUT2D eigenvalue weighted by molar-refractivity contribution is 5.83. The Labute approximate surface area is 53.2 Å². The number of rotatable bonds is 2. The van der Waals surface area contributed by atoms with E-state index < -0.39 is 0 Å². The average Bonchev–Trinajstić information content (AvgIpc) is 2.33. The minimum absolute atomic E-state index is 0.644. The second-order valence-corrected chi connectivity index (χ2v) is 1.60. The summed E-state index contributed by atoms with van der Waals surface area (Å²) < 4.78 is 4.94. The SMILES string of the molecule is CNc1occc1C=N. The maximum absolute atomic E-state index is 6.88. The maximum Gasteiger partial charge on any atom is 0.201 e. The minimum atomic E-state index is 0.644. The van der Waals surface area contributed by atoms with Gasteiger partial charge in [-0.1, -0.05) is 0 Å². The molecule has 2 N–H and O–H groups in total. The van der Waals surface area contributed by atoms with Crippen molar-refractivity contribution in [3.8, 4) is 0 Å². The lowest BCUT2D eigenvalue weighted by molar-refractivity contribution is 0.583. The van der Waals surface area contributed by atoms with E-state index in [2.05, 4.69) is 5.32 Å². The van der Waals surface area contributed by atoms with Gasteiger partial charge < -0.3 is 15.1 Å². The number of nitrogens with one attached hydrogen (secondary N) is 2. The van der Waals surface area contributed by atoms with Gasteiger partial charge in [0, 0.05) is 13.3 Å². The first-order valence-electron chi connectivity index (χ1n) is 2.64. The van der Waals surface area contributed by atoms with Gasteiger partial charge in [0.05, 0.1) is 11.8 Å². The van der Waals surface area contributed by atoms with Crippen LogP contribution in [0.25, 0.3) is 0 Å². The van der Waals surface area contributed by atoms with Crippen LogP contribution in [0.4, 0.5) is 5.88 Å². The van der Waals surface area contributed by atoms with E-state index in [1.165, 1.54) is 6.21 Å². The van der Waals surface area contributed by atoms with E-state index in [-0.39, 0.29) is 0 Å². The zero-order chi connectivity index (χ0) is 6.69. The number of hydrogen-bond acceptors (Lipinski definition) is 3. The zero-order valence-corrected chi connectivity index (χ0v) is 5.14. The maximum atomic E-state index is 6.88. The highest BCUT2D eigenvalue weighted by atomic mass is 16.3. The summed E-state index contributed by atoms with van der Waals surface area (Å²) in [4.78, 5) is 0. The Morgan fingerprint density at radius 2 is 2.56 bits per heavy atom. The molecule has 3 nitrogen and oxygen atoms in total. The van der Waals surface area contributed by atoms with E-state index in [9.17, 15) is 0 Å². The van der Waals surface area contributed by atoms with Crippen molar-refractivity contribution in [3.63, 3.8) is 0 Å². The molecule has 1 rings (SSSR count). The van der Waals surface area contributed by atoms with Gasteiger partial charge in [-0.15, -0.1) is 0 Å². The first kappa shape index (κ1) is 5.88. The predicted octanol–water partition coefficient (Wildman–Crippen LogP) is 1.32. The van der Waals surface area contributed by atoms with Gasteiger partial charge in [0.2, 0.25) is 5.88 Å². The normalized spacial score (nSPS) is 9.00. The van der Waals surface area contributed by atoms with E-state index >= 15 is 0 Å². The summed E-state index contributed by atoms with van der Waals surface area (Å²) in [6.45, 7) is 0. The van der Waals surface area contributed by atoms with E-state index in [0.29, 0.717) is 5.88 Å². The molecule has 0 unspecified atom stereocenters. The van der Waals surface area contributed by atoms with Gasteiger partial charge in [-0.25, -0.2) is 0 Å². The third-order valence-electron chi connectivity index (χ3n) is 1.08. The molecular formula is C6H8N2O. The lowest BCUT2D eigenvalue weighted by Gasteiger charge is -1.91. The van der Waals surface area contributed by atoms with E-state index in [1.807, 2.05) is 0 Å². The third-order valence-corrected chi connectivity index (χ3v) is 1.08. The van der Waals surface area contributed by atoms with Crippen LogP contribution in [-0.4, -0.2) is 13.3 Å². The number of furan rings is 1. The molecule has 0 bridgehead atoms. The summed E-state index contributed by atoms with van der Waals surface area (Å²) in [6, 6.07) is 1.73. The molecule has 3 heteroatoms. The molecule has 0 atom stereocenters. The minimum Gasteiger partial charge on any atom is -0.448 e. The molecule has 0 saturated carbocycles. The molecular weight excluding hydrogens is 116 g/mol. The van der Waals surface area contributed by atoms with Crippen LogP contribution >= 0.6 is 0 Å². The predicted molar refractivity (Wildman–Crippen MR) is 36.1 cm³/mol. The molecule has 0 aliphatic heterocycles. The van der Waals surface area contributed by atoms with Gasteiger partial charge in [0.15, 0.2) is 0 Å². The van der Waals surface area contributed by atoms with Gasteiger partial charge in [0.25, 0.3) is 0 Å². The van der Waals surface area contributed by atoms with Gasteiger partial charge in [-0.05, 0) is 6.07 Å². The zero-order valence-electron chi connectivity index (χ0n) is 5.14. The van der Waals surface area contributed by atoms with Crippen molar-refractivity contribution in [2.45, 2.75) is 0 Å². The van der Waals surface area contributed by atoms with Crippen molar-refractivity contribution in [2.75, 3.05) is 12.4 Å². The Morgan fingerprint density at radius 1 is 1.78 bits per heavy atom. The number of hydrogen-bond donors (Lipinski definition) is 2. The van der Waals surface area contributed by atoms with Crippen LogP contribution in [0.5, 0.6) is 0 Å². The second-order valence-electron chi connectivity index (χ2n) is 1.60. The summed E-state index contributed by atoms with van der Waals surface area (Å²) in [7, 11) is 1.76. The molecule has 1 heterocycles. The lowest BCUT2D eigenvalue weighted by atomic mass is 10.3. The quantitative estimate of drug-likeness (QED) is 0.584. The largest absolute Gasteiger partial charge is 0.448 e. The summed E-state index contributed by atoms with van der Waals surface area (Å²) >= 11 is 0. The van der Waals surface area contributed by atoms with Crippen LogP contribution in [0.3, 0.4) is 0 Å². The van der Waals surface area contributed by atoms with Gasteiger partial charge >= 0.3 is 0 Å². The topological polar surface area (TPSA) is 49.0 Å². The molecule has 0 radical (unpaired) electrons. The molecule has 0 fully saturated rings. The van der Waals surface area contributed by atoms with Crippen molar-refractivity contribution in [2.24, 2.45) is 0 Å². The molecule has 0 aromatic carbocycles. The molecule has 1 aromatic heterocycles. The monoisotopic (exact) mass is 124 g/mol. The van der Waals surface area contributed by atoms with Crippen LogP contribution in [0.2, 0.25) is 0 Å². The number of anilines is 1. The molecule has 0 aliphatic rings. The molecule has 0 saturated heterocycles. The Balaban J connectivity index is 2.98. The van der Waals surface area contributed by atoms with E-state index in [4.69, 9.17) is 9.83 Å². The van der Waals surface area contributed by atoms with Crippen LogP contribution < -0.4 is 5.32 Å². The first-order valence-corrected chi connectivity index (χ1v) is 2.64. The van der Waals surface area contributed by atoms with Gasteiger partial charge in [0.1, 0.15) is 0 Å². The summed E-state index contributed by atoms with van der Waals surface area (Å²) in [5.74, 6) is 0.644. The second kappa shape index (κ2) is 2.35. The van der Waals surface area contributed by atoms with Crippen molar-refractivity contribution in [3.05, 3.63) is 17.9 Å². The van der Waals surface area contributed by atoms with E-state index in [0.717, 1.165) is 5.56 Å². The summed E-state index contributed by atoms with van der Waals surface area (Å²) in [5.41, 5.74) is 0.775. The molecule has 9 heavy (non-hydrogen) atoms. The molecule has 48 valence electrons. The molecule has 0 aliphatic carbocycles. The standard InChI is InChI=1S/C6H8N2O/c1-8-6-5(4-7)2-3-9-6/h2-4,7-8H,1H3. The van der Waals surface area contributed by atoms with Crippen LogP contribution in [-0.2, 0) is 0 Å². The summed E-state index contributed by atoms with van der Waals surface area (Å²) in [6.07, 6.45) is 2.79. The lowest BCUT2D eigenvalue weighted by Crippen LogP contribution is -1.88. The van der Waals surface area contributed by atoms with Crippen molar-refractivity contribution >= 4 is 12.1 Å². The molecule has 0 amide bonds. The fraction of sp³-hybridized carbons (Fsp3) is 0.167. The van der Waals surface area contributed by atoms with Crippen LogP contribution in [0.15, 0.2) is 16.7 Å². The van der Waals surface area contributed by atoms with Crippen molar-refractivity contribution in [1.29, 1.82) is 5.41 Å². The Hall–Kier alpha value is -1.25. The van der Waals surface area contributed by atoms with Crippen LogP contribution in [0.1, 0.15) is 5.56 Å². The fourth-order valence-electron chi connectivity index (χ4n) is 0.636. The highest BCUT2D eigenvalue weighted by Gasteiger charge is 1.97. The molecule has 1 aromatic rings.